The van der Waals surface area contributed by atoms with Crippen LogP contribution in [-0.2, 0) is 16.3 Å². The predicted octanol–water partition coefficient (Wildman–Crippen LogP) is 3.18. The normalized spacial score (nSPS) is 12.9. The molecule has 2 nitrogen and oxygen atoms in total. The van der Waals surface area contributed by atoms with Crippen LogP contribution in [-0.4, -0.2) is 13.4 Å². The third-order valence-electron chi connectivity index (χ3n) is 2.79. The number of rotatable bonds is 4. The minimum atomic E-state index is -0.918. The first-order valence-electron chi connectivity index (χ1n) is 5.46. The molecule has 0 heterocycles. The van der Waals surface area contributed by atoms with E-state index >= 15 is 0 Å². The van der Waals surface area contributed by atoms with Gasteiger partial charge in [-0.2, -0.15) is 0 Å². The number of hydrogen-bond acceptors (Lipinski definition) is 1. The summed E-state index contributed by atoms with van der Waals surface area (Å²) in [4.78, 5) is 0. The topological polar surface area (TPSA) is 29.1 Å². The molecule has 0 N–H and O–H groups in total. The highest BCUT2D eigenvalue weighted by Gasteiger charge is 2.06. The summed E-state index contributed by atoms with van der Waals surface area (Å²) in [6, 6.07) is 14.4. The van der Waals surface area contributed by atoms with E-state index in [-0.39, 0.29) is 0 Å². The summed E-state index contributed by atoms with van der Waals surface area (Å²) in [5, 5.41) is 13.6. The first kappa shape index (κ1) is 11.1. The Labute approximate surface area is 95.5 Å². The van der Waals surface area contributed by atoms with Crippen LogP contribution in [0.15, 0.2) is 42.5 Å². The minimum absolute atomic E-state index is 0.518. The zero-order chi connectivity index (χ0) is 11.4. The number of fused-ring (bicyclic) bond motifs is 1. The standard InChI is InChI=1S/C14H15O2/c1-16-14(15)10-9-12-7-4-6-11-5-2-3-8-13(11)12/h2-8,14H,9-10H2,1H3. The second-order valence-corrected chi connectivity index (χ2v) is 3.84. The summed E-state index contributed by atoms with van der Waals surface area (Å²) in [6.45, 7) is 0. The lowest BCUT2D eigenvalue weighted by Gasteiger charge is -2.08. The zero-order valence-corrected chi connectivity index (χ0v) is 9.35. The van der Waals surface area contributed by atoms with Crippen LogP contribution >= 0.6 is 0 Å². The maximum atomic E-state index is 11.2. The molecule has 1 atom stereocenters. The van der Waals surface area contributed by atoms with Gasteiger partial charge in [-0.25, -0.2) is 5.11 Å². The van der Waals surface area contributed by atoms with Crippen molar-refractivity contribution < 1.29 is 9.84 Å². The lowest BCUT2D eigenvalue weighted by atomic mass is 10.0. The Bertz CT molecular complexity index is 460. The molecular weight excluding hydrogens is 200 g/mol. The molecule has 16 heavy (non-hydrogen) atoms. The van der Waals surface area contributed by atoms with E-state index in [1.165, 1.54) is 23.4 Å². The van der Waals surface area contributed by atoms with E-state index in [0.29, 0.717) is 6.42 Å². The molecule has 0 aliphatic rings. The molecule has 2 rings (SSSR count). The molecule has 0 spiro atoms. The molecule has 0 saturated carbocycles. The third-order valence-corrected chi connectivity index (χ3v) is 2.79. The highest BCUT2D eigenvalue weighted by molar-refractivity contribution is 5.85. The molecule has 1 unspecified atom stereocenters. The van der Waals surface area contributed by atoms with Crippen molar-refractivity contribution in [1.82, 2.24) is 0 Å². The van der Waals surface area contributed by atoms with Crippen LogP contribution in [0.5, 0.6) is 0 Å². The average molecular weight is 215 g/mol. The van der Waals surface area contributed by atoms with Crippen LogP contribution in [0.4, 0.5) is 0 Å². The molecule has 2 aromatic rings. The van der Waals surface area contributed by atoms with Crippen LogP contribution in [0, 0.1) is 0 Å². The fourth-order valence-electron chi connectivity index (χ4n) is 1.90. The van der Waals surface area contributed by atoms with Crippen LogP contribution in [0.1, 0.15) is 12.0 Å². The molecule has 1 radical (unpaired) electrons. The second-order valence-electron chi connectivity index (χ2n) is 3.84. The quantitative estimate of drug-likeness (QED) is 0.720. The average Bonchev–Trinajstić information content (AvgIpc) is 2.35. The molecule has 2 heteroatoms. The highest BCUT2D eigenvalue weighted by atomic mass is 16.6. The monoisotopic (exact) mass is 215 g/mol. The Balaban J connectivity index is 2.23. The van der Waals surface area contributed by atoms with Gasteiger partial charge in [-0.1, -0.05) is 42.5 Å². The number of aryl methyl sites for hydroxylation is 1. The maximum Gasteiger partial charge on any atom is 0.191 e. The van der Waals surface area contributed by atoms with E-state index in [9.17, 15) is 5.11 Å². The van der Waals surface area contributed by atoms with Gasteiger partial charge in [0.15, 0.2) is 6.29 Å². The minimum Gasteiger partial charge on any atom is -0.353 e. The fourth-order valence-corrected chi connectivity index (χ4v) is 1.90. The molecule has 0 aliphatic carbocycles. The molecule has 0 amide bonds. The van der Waals surface area contributed by atoms with Gasteiger partial charge in [-0.05, 0) is 22.8 Å². The summed E-state index contributed by atoms with van der Waals surface area (Å²) in [7, 11) is 1.46. The lowest BCUT2D eigenvalue weighted by molar-refractivity contribution is -0.122. The SMILES string of the molecule is COC([O])CCc1cccc2ccccc12. The molecular formula is C14H15O2. The van der Waals surface area contributed by atoms with Crippen molar-refractivity contribution in [1.29, 1.82) is 0 Å². The summed E-state index contributed by atoms with van der Waals surface area (Å²) < 4.78 is 4.73. The molecule has 83 valence electrons. The lowest BCUT2D eigenvalue weighted by Crippen LogP contribution is -2.08. The fraction of sp³-hybridized carbons (Fsp3) is 0.286. The largest absolute Gasteiger partial charge is 0.353 e. The van der Waals surface area contributed by atoms with Crippen molar-refractivity contribution in [3.63, 3.8) is 0 Å². The smallest absolute Gasteiger partial charge is 0.191 e. The van der Waals surface area contributed by atoms with Crippen molar-refractivity contribution in [3.8, 4) is 0 Å². The van der Waals surface area contributed by atoms with Crippen molar-refractivity contribution >= 4 is 10.8 Å². The second kappa shape index (κ2) is 5.10. The summed E-state index contributed by atoms with van der Waals surface area (Å²) in [5.41, 5.74) is 1.22. The molecule has 0 fully saturated rings. The van der Waals surface area contributed by atoms with Crippen molar-refractivity contribution in [2.75, 3.05) is 7.11 Å². The van der Waals surface area contributed by atoms with Crippen LogP contribution in [0.2, 0.25) is 0 Å². The number of ether oxygens (including phenoxy) is 1. The molecule has 0 aliphatic heterocycles. The van der Waals surface area contributed by atoms with E-state index in [2.05, 4.69) is 24.3 Å². The third kappa shape index (κ3) is 2.40. The van der Waals surface area contributed by atoms with Crippen molar-refractivity contribution in [3.05, 3.63) is 48.0 Å². The first-order valence-corrected chi connectivity index (χ1v) is 5.46. The van der Waals surface area contributed by atoms with E-state index in [1.54, 1.807) is 0 Å². The van der Waals surface area contributed by atoms with Crippen molar-refractivity contribution in [2.24, 2.45) is 0 Å². The predicted molar refractivity (Wildman–Crippen MR) is 63.8 cm³/mol. The Morgan fingerprint density at radius 3 is 2.69 bits per heavy atom. The van der Waals surface area contributed by atoms with Crippen LogP contribution in [0.25, 0.3) is 10.8 Å². The maximum absolute atomic E-state index is 11.2. The summed E-state index contributed by atoms with van der Waals surface area (Å²) in [5.74, 6) is 0. The van der Waals surface area contributed by atoms with Crippen LogP contribution in [0.3, 0.4) is 0 Å². The van der Waals surface area contributed by atoms with Crippen molar-refractivity contribution in [2.45, 2.75) is 19.1 Å². The van der Waals surface area contributed by atoms with E-state index in [4.69, 9.17) is 4.74 Å². The van der Waals surface area contributed by atoms with Gasteiger partial charge in [0, 0.05) is 13.5 Å². The van der Waals surface area contributed by atoms with Gasteiger partial charge in [0.25, 0.3) is 0 Å². The zero-order valence-electron chi connectivity index (χ0n) is 9.35. The van der Waals surface area contributed by atoms with E-state index in [1.807, 2.05) is 18.2 Å². The van der Waals surface area contributed by atoms with Gasteiger partial charge >= 0.3 is 0 Å². The van der Waals surface area contributed by atoms with E-state index < -0.39 is 6.29 Å². The summed E-state index contributed by atoms with van der Waals surface area (Å²) >= 11 is 0. The number of hydrogen-bond donors (Lipinski definition) is 0. The van der Waals surface area contributed by atoms with Gasteiger partial charge in [0.05, 0.1) is 0 Å². The highest BCUT2D eigenvalue weighted by Crippen LogP contribution is 2.20. The summed E-state index contributed by atoms with van der Waals surface area (Å²) in [6.07, 6.45) is 0.368. The van der Waals surface area contributed by atoms with Gasteiger partial charge in [-0.15, -0.1) is 0 Å². The van der Waals surface area contributed by atoms with E-state index in [0.717, 1.165) is 6.42 Å². The molecule has 0 aromatic heterocycles. The Morgan fingerprint density at radius 1 is 1.12 bits per heavy atom. The van der Waals surface area contributed by atoms with Gasteiger partial charge in [0.1, 0.15) is 0 Å². The molecule has 0 bridgehead atoms. The first-order chi connectivity index (χ1) is 7.81. The number of methoxy groups -OCH3 is 1. The Hall–Kier alpha value is -1.38. The number of benzene rings is 2. The van der Waals surface area contributed by atoms with Crippen LogP contribution < -0.4 is 0 Å². The molecule has 0 saturated heterocycles. The van der Waals surface area contributed by atoms with Gasteiger partial charge < -0.3 is 4.74 Å². The molecule has 2 aromatic carbocycles. The Morgan fingerprint density at radius 2 is 1.88 bits per heavy atom. The Kier molecular flexibility index (Phi) is 3.54. The van der Waals surface area contributed by atoms with Gasteiger partial charge in [-0.3, -0.25) is 0 Å². The van der Waals surface area contributed by atoms with Gasteiger partial charge in [0.2, 0.25) is 0 Å².